The maximum atomic E-state index is 11.7. The van der Waals surface area contributed by atoms with Crippen molar-refractivity contribution in [2.75, 3.05) is 17.6 Å². The van der Waals surface area contributed by atoms with E-state index in [0.29, 0.717) is 5.69 Å². The van der Waals surface area contributed by atoms with E-state index >= 15 is 0 Å². The first-order valence-electron chi connectivity index (χ1n) is 6.01. The maximum Gasteiger partial charge on any atom is 0.304 e. The number of sulfonamides is 1. The molecule has 1 N–H and O–H groups in total. The van der Waals surface area contributed by atoms with Crippen LogP contribution in [0.4, 0.5) is 5.69 Å². The van der Waals surface area contributed by atoms with Crippen molar-refractivity contribution < 1.29 is 18.3 Å². The van der Waals surface area contributed by atoms with Gasteiger partial charge in [-0.3, -0.25) is 9.10 Å². The van der Waals surface area contributed by atoms with Gasteiger partial charge in [0.2, 0.25) is 10.0 Å². The monoisotopic (exact) mass is 283 g/mol. The maximum absolute atomic E-state index is 11.7. The van der Waals surface area contributed by atoms with E-state index in [-0.39, 0.29) is 6.42 Å². The molecule has 0 bridgehead atoms. The van der Waals surface area contributed by atoms with Crippen molar-refractivity contribution in [3.8, 4) is 0 Å². The summed E-state index contributed by atoms with van der Waals surface area (Å²) in [5.41, 5.74) is 0.982. The van der Waals surface area contributed by atoms with Crippen LogP contribution in [0, 0.1) is 0 Å². The first-order chi connectivity index (χ1) is 8.76. The molecule has 0 aromatic heterocycles. The second-order valence-electron chi connectivity index (χ2n) is 5.10. The Kier molecular flexibility index (Phi) is 3.30. The fourth-order valence-electron chi connectivity index (χ4n) is 2.36. The van der Waals surface area contributed by atoms with Gasteiger partial charge in [-0.2, -0.15) is 0 Å². The van der Waals surface area contributed by atoms with Gasteiger partial charge in [0.05, 0.1) is 18.4 Å². The highest BCUT2D eigenvalue weighted by Gasteiger charge is 2.47. The Morgan fingerprint density at radius 2 is 1.95 bits per heavy atom. The van der Waals surface area contributed by atoms with Crippen molar-refractivity contribution in [2.45, 2.75) is 24.7 Å². The molecule has 1 aliphatic carbocycles. The molecule has 0 saturated heterocycles. The van der Waals surface area contributed by atoms with Crippen LogP contribution in [0.2, 0.25) is 0 Å². The summed E-state index contributed by atoms with van der Waals surface area (Å²) in [7, 11) is -1.86. The van der Waals surface area contributed by atoms with Gasteiger partial charge in [0.15, 0.2) is 0 Å². The van der Waals surface area contributed by atoms with Crippen LogP contribution in [0.15, 0.2) is 24.3 Å². The lowest BCUT2D eigenvalue weighted by atomic mass is 9.91. The van der Waals surface area contributed by atoms with Crippen LogP contribution in [-0.4, -0.2) is 32.8 Å². The van der Waals surface area contributed by atoms with Gasteiger partial charge in [0.25, 0.3) is 0 Å². The summed E-state index contributed by atoms with van der Waals surface area (Å²) < 4.78 is 24.5. The van der Waals surface area contributed by atoms with Gasteiger partial charge >= 0.3 is 5.97 Å². The number of carboxylic acids is 1. The number of carbonyl (C=O) groups is 1. The lowest BCUT2D eigenvalue weighted by Gasteiger charge is -2.24. The zero-order valence-electron chi connectivity index (χ0n) is 11.0. The van der Waals surface area contributed by atoms with Gasteiger partial charge in [0.1, 0.15) is 0 Å². The van der Waals surface area contributed by atoms with Crippen molar-refractivity contribution in [2.24, 2.45) is 0 Å². The SMILES string of the molecule is CN(c1ccccc1C1(CC(=O)O)CC1)S(C)(=O)=O. The van der Waals surface area contributed by atoms with Crippen molar-refractivity contribution in [1.29, 1.82) is 0 Å². The minimum absolute atomic E-state index is 0.0433. The van der Waals surface area contributed by atoms with Crippen LogP contribution >= 0.6 is 0 Å². The highest BCUT2D eigenvalue weighted by Crippen LogP contribution is 2.53. The molecule has 5 nitrogen and oxygen atoms in total. The fraction of sp³-hybridized carbons (Fsp3) is 0.462. The molecule has 19 heavy (non-hydrogen) atoms. The molecule has 1 aliphatic rings. The average Bonchev–Trinajstić information content (AvgIpc) is 3.07. The summed E-state index contributed by atoms with van der Waals surface area (Å²) in [6.45, 7) is 0. The second kappa shape index (κ2) is 4.52. The van der Waals surface area contributed by atoms with E-state index in [9.17, 15) is 13.2 Å². The van der Waals surface area contributed by atoms with Gasteiger partial charge < -0.3 is 5.11 Å². The van der Waals surface area contributed by atoms with E-state index in [0.717, 1.165) is 24.7 Å². The Morgan fingerprint density at radius 3 is 2.42 bits per heavy atom. The van der Waals surface area contributed by atoms with E-state index < -0.39 is 21.4 Å². The molecule has 0 radical (unpaired) electrons. The summed E-state index contributed by atoms with van der Waals surface area (Å²) in [6, 6.07) is 7.12. The van der Waals surface area contributed by atoms with Crippen LogP contribution in [0.3, 0.4) is 0 Å². The zero-order valence-corrected chi connectivity index (χ0v) is 11.8. The van der Waals surface area contributed by atoms with Gasteiger partial charge in [-0.05, 0) is 24.5 Å². The van der Waals surface area contributed by atoms with E-state index in [1.807, 2.05) is 12.1 Å². The standard InChI is InChI=1S/C13H17NO4S/c1-14(19(2,17)18)11-6-4-3-5-10(11)13(7-8-13)9-12(15)16/h3-6H,7-9H2,1-2H3,(H,15,16). The lowest BCUT2D eigenvalue weighted by Crippen LogP contribution is -2.27. The Balaban J connectivity index is 2.46. The molecule has 0 amide bonds. The van der Waals surface area contributed by atoms with Crippen LogP contribution in [0.5, 0.6) is 0 Å². The smallest absolute Gasteiger partial charge is 0.304 e. The quantitative estimate of drug-likeness (QED) is 0.890. The molecule has 1 aromatic carbocycles. The topological polar surface area (TPSA) is 74.7 Å². The van der Waals surface area contributed by atoms with Crippen LogP contribution in [-0.2, 0) is 20.2 Å². The molecule has 0 unspecified atom stereocenters. The largest absolute Gasteiger partial charge is 0.481 e. The molecule has 2 rings (SSSR count). The van der Waals surface area contributed by atoms with Gasteiger partial charge in [-0.1, -0.05) is 18.2 Å². The third-order valence-corrected chi connectivity index (χ3v) is 4.85. The van der Waals surface area contributed by atoms with Crippen molar-refractivity contribution in [3.05, 3.63) is 29.8 Å². The number of anilines is 1. The molecule has 6 heteroatoms. The molecular weight excluding hydrogens is 266 g/mol. The first-order valence-corrected chi connectivity index (χ1v) is 7.86. The number of hydrogen-bond acceptors (Lipinski definition) is 3. The van der Waals surface area contributed by atoms with Crippen molar-refractivity contribution in [1.82, 2.24) is 0 Å². The van der Waals surface area contributed by atoms with Gasteiger partial charge in [0, 0.05) is 12.5 Å². The molecule has 1 fully saturated rings. The first kappa shape index (κ1) is 13.9. The summed E-state index contributed by atoms with van der Waals surface area (Å²) in [6.07, 6.45) is 2.75. The van der Waals surface area contributed by atoms with Crippen LogP contribution in [0.25, 0.3) is 0 Å². The molecule has 0 heterocycles. The third-order valence-electron chi connectivity index (χ3n) is 3.66. The molecule has 0 atom stereocenters. The predicted molar refractivity (Wildman–Crippen MR) is 72.9 cm³/mol. The fourth-order valence-corrected chi connectivity index (χ4v) is 2.87. The highest BCUT2D eigenvalue weighted by molar-refractivity contribution is 7.92. The lowest BCUT2D eigenvalue weighted by molar-refractivity contribution is -0.137. The molecule has 0 spiro atoms. The van der Waals surface area contributed by atoms with E-state index in [2.05, 4.69) is 0 Å². The third kappa shape index (κ3) is 2.73. The number of aliphatic carboxylic acids is 1. The highest BCUT2D eigenvalue weighted by atomic mass is 32.2. The number of benzene rings is 1. The molecule has 0 aliphatic heterocycles. The molecule has 1 aromatic rings. The number of carboxylic acid groups (broad SMARTS) is 1. The Labute approximate surface area is 112 Å². The number of hydrogen-bond donors (Lipinski definition) is 1. The van der Waals surface area contributed by atoms with E-state index in [1.54, 1.807) is 12.1 Å². The minimum Gasteiger partial charge on any atom is -0.481 e. The van der Waals surface area contributed by atoms with E-state index in [4.69, 9.17) is 5.11 Å². The second-order valence-corrected chi connectivity index (χ2v) is 7.11. The Hall–Kier alpha value is -1.56. The molecular formula is C13H17NO4S. The predicted octanol–water partition coefficient (Wildman–Crippen LogP) is 1.59. The van der Waals surface area contributed by atoms with Crippen molar-refractivity contribution in [3.63, 3.8) is 0 Å². The minimum atomic E-state index is -3.35. The summed E-state index contributed by atoms with van der Waals surface area (Å²) in [5.74, 6) is -0.852. The van der Waals surface area contributed by atoms with Gasteiger partial charge in [-0.15, -0.1) is 0 Å². The number of para-hydroxylation sites is 1. The molecule has 104 valence electrons. The summed E-state index contributed by atoms with van der Waals surface area (Å²) in [5, 5.41) is 9.01. The summed E-state index contributed by atoms with van der Waals surface area (Å²) >= 11 is 0. The van der Waals surface area contributed by atoms with E-state index in [1.165, 1.54) is 11.4 Å². The molecule has 1 saturated carbocycles. The Bertz CT molecular complexity index is 605. The average molecular weight is 283 g/mol. The van der Waals surface area contributed by atoms with Crippen molar-refractivity contribution >= 4 is 21.7 Å². The van der Waals surface area contributed by atoms with Crippen LogP contribution < -0.4 is 4.31 Å². The zero-order chi connectivity index (χ0) is 14.3. The number of rotatable bonds is 5. The Morgan fingerprint density at radius 1 is 1.37 bits per heavy atom. The van der Waals surface area contributed by atoms with Gasteiger partial charge in [-0.25, -0.2) is 8.42 Å². The number of nitrogens with zero attached hydrogens (tertiary/aromatic N) is 1. The van der Waals surface area contributed by atoms with Crippen LogP contribution in [0.1, 0.15) is 24.8 Å². The normalized spacial score (nSPS) is 16.9. The summed E-state index contributed by atoms with van der Waals surface area (Å²) in [4.78, 5) is 11.0.